The van der Waals surface area contributed by atoms with E-state index in [4.69, 9.17) is 12.7 Å². The molecular formula is C9H18BNO2. The molecule has 0 bridgehead atoms. The van der Waals surface area contributed by atoms with Crippen LogP contribution < -0.4 is 5.73 Å². The summed E-state index contributed by atoms with van der Waals surface area (Å²) < 4.78 is 0. The molecule has 74 valence electrons. The minimum absolute atomic E-state index is 0.00472. The third kappa shape index (κ3) is 4.43. The van der Waals surface area contributed by atoms with Gasteiger partial charge in [-0.05, 0) is 19.2 Å². The summed E-state index contributed by atoms with van der Waals surface area (Å²) in [7, 11) is 0. The molecule has 0 aromatic heterocycles. The lowest BCUT2D eigenvalue weighted by atomic mass is 9.56. The molecule has 13 heavy (non-hydrogen) atoms. The summed E-state index contributed by atoms with van der Waals surface area (Å²) in [4.78, 5) is 11.3. The third-order valence-electron chi connectivity index (χ3n) is 2.34. The Bertz CT molecular complexity index is 162. The average molecular weight is 183 g/mol. The van der Waals surface area contributed by atoms with Crippen LogP contribution in [0.25, 0.3) is 0 Å². The first-order chi connectivity index (χ1) is 6.02. The molecule has 0 aliphatic rings. The van der Waals surface area contributed by atoms with Gasteiger partial charge in [-0.1, -0.05) is 20.2 Å². The second kappa shape index (κ2) is 6.16. The normalized spacial score (nSPS) is 15.2. The van der Waals surface area contributed by atoms with Crippen LogP contribution in [0.5, 0.6) is 0 Å². The van der Waals surface area contributed by atoms with Gasteiger partial charge in [0.15, 0.2) is 0 Å². The lowest BCUT2D eigenvalue weighted by Crippen LogP contribution is -2.32. The van der Waals surface area contributed by atoms with Crippen molar-refractivity contribution in [3.63, 3.8) is 0 Å². The van der Waals surface area contributed by atoms with Gasteiger partial charge in [-0.3, -0.25) is 4.79 Å². The molecule has 2 radical (unpaired) electrons. The van der Waals surface area contributed by atoms with Gasteiger partial charge in [0.25, 0.3) is 6.92 Å². The van der Waals surface area contributed by atoms with Gasteiger partial charge in [0.05, 0.1) is 6.04 Å². The molecule has 3 nitrogen and oxygen atoms in total. The van der Waals surface area contributed by atoms with Gasteiger partial charge in [0.2, 0.25) is 0 Å². The van der Waals surface area contributed by atoms with Crippen molar-refractivity contribution >= 4 is 12.7 Å². The molecule has 2 atom stereocenters. The van der Waals surface area contributed by atoms with Crippen molar-refractivity contribution in [1.82, 2.24) is 0 Å². The minimum atomic E-state index is -0.576. The molecule has 0 saturated heterocycles. The van der Waals surface area contributed by atoms with Crippen LogP contribution in [0.3, 0.4) is 0 Å². The fourth-order valence-electron chi connectivity index (χ4n) is 1.20. The molecule has 4 heteroatoms. The highest BCUT2D eigenvalue weighted by Crippen LogP contribution is 2.19. The fourth-order valence-corrected chi connectivity index (χ4v) is 1.20. The second-order valence-electron chi connectivity index (χ2n) is 3.42. The van der Waals surface area contributed by atoms with E-state index in [1.54, 1.807) is 6.82 Å². The summed E-state index contributed by atoms with van der Waals surface area (Å²) in [5, 5.41) is 9.29. The number of hydrogen-bond donors (Lipinski definition) is 2. The summed E-state index contributed by atoms with van der Waals surface area (Å²) in [6.07, 6.45) is 1.28. The van der Waals surface area contributed by atoms with Gasteiger partial charge >= 0.3 is 0 Å². The van der Waals surface area contributed by atoms with Crippen LogP contribution >= 0.6 is 0 Å². The second-order valence-corrected chi connectivity index (χ2v) is 3.42. The van der Waals surface area contributed by atoms with Gasteiger partial charge in [-0.15, -0.1) is 0 Å². The Morgan fingerprint density at radius 1 is 1.69 bits per heavy atom. The van der Waals surface area contributed by atoms with Crippen LogP contribution in [-0.2, 0) is 4.79 Å². The van der Waals surface area contributed by atoms with E-state index in [1.807, 2.05) is 6.92 Å². The Morgan fingerprint density at radius 2 is 2.23 bits per heavy atom. The van der Waals surface area contributed by atoms with Crippen molar-refractivity contribution in [3.05, 3.63) is 6.92 Å². The summed E-state index contributed by atoms with van der Waals surface area (Å²) in [6.45, 7) is 8.43. The van der Waals surface area contributed by atoms with E-state index in [0.29, 0.717) is 6.42 Å². The van der Waals surface area contributed by atoms with Crippen molar-refractivity contribution in [2.24, 2.45) is 5.73 Å². The van der Waals surface area contributed by atoms with Crippen LogP contribution in [0.2, 0.25) is 12.6 Å². The molecule has 0 heterocycles. The zero-order valence-electron chi connectivity index (χ0n) is 8.36. The van der Waals surface area contributed by atoms with Gasteiger partial charge in [0, 0.05) is 6.42 Å². The molecular weight excluding hydrogens is 165 g/mol. The van der Waals surface area contributed by atoms with E-state index < -0.39 is 13.0 Å². The smallest absolute Gasteiger partial charge is 0.289 e. The molecule has 0 unspecified atom stereocenters. The van der Waals surface area contributed by atoms with E-state index in [1.165, 1.54) is 0 Å². The van der Waals surface area contributed by atoms with Gasteiger partial charge in [-0.2, -0.15) is 0 Å². The van der Waals surface area contributed by atoms with Crippen molar-refractivity contribution in [3.8, 4) is 0 Å². The van der Waals surface area contributed by atoms with Crippen LogP contribution in [-0.4, -0.2) is 23.8 Å². The highest BCUT2D eigenvalue weighted by atomic mass is 16.2. The zero-order valence-corrected chi connectivity index (χ0v) is 8.36. The Balaban J connectivity index is 4.01. The van der Waals surface area contributed by atoms with E-state index in [9.17, 15) is 9.82 Å². The third-order valence-corrected chi connectivity index (χ3v) is 2.34. The number of ketones is 1. The standard InChI is InChI=1S/C9H18BNO2/c1-4-7(10(3)13)6-9(12)8(11)5-2/h2,7-8,13H,4-6,11H2,1,3H3/t7-,8+/m1/s1. The van der Waals surface area contributed by atoms with Crippen LogP contribution in [0, 0.1) is 6.92 Å². The highest BCUT2D eigenvalue weighted by Gasteiger charge is 2.22. The summed E-state index contributed by atoms with van der Waals surface area (Å²) in [5.41, 5.74) is 5.46. The maximum atomic E-state index is 11.3. The topological polar surface area (TPSA) is 63.3 Å². The van der Waals surface area contributed by atoms with Gasteiger partial charge in [0.1, 0.15) is 5.78 Å². The minimum Gasteiger partial charge on any atom is -0.450 e. The molecule has 0 fully saturated rings. The Morgan fingerprint density at radius 3 is 2.54 bits per heavy atom. The number of rotatable bonds is 6. The Hall–Kier alpha value is -0.345. The maximum absolute atomic E-state index is 11.3. The summed E-state index contributed by atoms with van der Waals surface area (Å²) in [6, 6.07) is -0.576. The monoisotopic (exact) mass is 183 g/mol. The van der Waals surface area contributed by atoms with Crippen molar-refractivity contribution in [2.75, 3.05) is 0 Å². The largest absolute Gasteiger partial charge is 0.450 e. The fraction of sp³-hybridized carbons (Fsp3) is 0.778. The average Bonchev–Trinajstić information content (AvgIpc) is 2.11. The lowest BCUT2D eigenvalue weighted by Gasteiger charge is -2.16. The van der Waals surface area contributed by atoms with E-state index in [-0.39, 0.29) is 18.0 Å². The lowest BCUT2D eigenvalue weighted by molar-refractivity contribution is -0.120. The molecule has 0 amide bonds. The van der Waals surface area contributed by atoms with Crippen LogP contribution in [0.15, 0.2) is 0 Å². The summed E-state index contributed by atoms with van der Waals surface area (Å²) in [5.74, 6) is -0.0552. The quantitative estimate of drug-likeness (QED) is 0.597. The first-order valence-electron chi connectivity index (χ1n) is 4.69. The van der Waals surface area contributed by atoms with Gasteiger partial charge in [-0.25, -0.2) is 0 Å². The number of nitrogens with two attached hydrogens (primary N) is 1. The van der Waals surface area contributed by atoms with E-state index in [0.717, 1.165) is 6.42 Å². The predicted octanol–water partition coefficient (Wildman–Crippen LogP) is 0.768. The van der Waals surface area contributed by atoms with Crippen LogP contribution in [0.4, 0.5) is 0 Å². The first kappa shape index (κ1) is 12.7. The number of Topliss-reactive ketones (excluding diaryl/α,β-unsaturated/α-hetero) is 1. The highest BCUT2D eigenvalue weighted by molar-refractivity contribution is 6.50. The molecule has 0 aromatic carbocycles. The van der Waals surface area contributed by atoms with Crippen molar-refractivity contribution < 1.29 is 9.82 Å². The Kier molecular flexibility index (Phi) is 6.00. The summed E-state index contributed by atoms with van der Waals surface area (Å²) >= 11 is 0. The van der Waals surface area contributed by atoms with Crippen LogP contribution in [0.1, 0.15) is 26.2 Å². The first-order valence-corrected chi connectivity index (χ1v) is 4.69. The molecule has 0 aliphatic heterocycles. The number of carbonyl (C=O) groups excluding carboxylic acids is 1. The van der Waals surface area contributed by atoms with Gasteiger partial charge < -0.3 is 10.8 Å². The molecule has 3 N–H and O–H groups in total. The van der Waals surface area contributed by atoms with E-state index >= 15 is 0 Å². The zero-order chi connectivity index (χ0) is 10.4. The SMILES string of the molecule is [CH]C[C@H](N)C(=O)C[C@@H](CC)B(C)O. The van der Waals surface area contributed by atoms with Crippen molar-refractivity contribution in [1.29, 1.82) is 0 Å². The molecule has 0 saturated carbocycles. The molecule has 0 aromatic rings. The van der Waals surface area contributed by atoms with E-state index in [2.05, 4.69) is 0 Å². The Labute approximate surface area is 80.8 Å². The molecule has 0 spiro atoms. The predicted molar refractivity (Wildman–Crippen MR) is 54.4 cm³/mol. The number of carbonyl (C=O) groups is 1. The maximum Gasteiger partial charge on any atom is 0.289 e. The number of hydrogen-bond acceptors (Lipinski definition) is 3. The van der Waals surface area contributed by atoms with Crippen molar-refractivity contribution in [2.45, 2.75) is 44.9 Å². The molecule has 0 aliphatic carbocycles. The molecule has 0 rings (SSSR count).